The Kier molecular flexibility index (Phi) is 5.56. The SMILES string of the molecule is Cc1ccc(O)c(C(=O)OCC(=O)NC(=O)NCc2ccco2)c1. The topological polar surface area (TPSA) is 118 Å². The molecule has 2 rings (SSSR count). The Morgan fingerprint density at radius 1 is 1.25 bits per heavy atom. The van der Waals surface area contributed by atoms with E-state index in [1.54, 1.807) is 25.1 Å². The Morgan fingerprint density at radius 3 is 2.75 bits per heavy atom. The maximum atomic E-state index is 11.8. The lowest BCUT2D eigenvalue weighted by Gasteiger charge is -2.08. The maximum absolute atomic E-state index is 11.8. The third-order valence-electron chi connectivity index (χ3n) is 2.96. The largest absolute Gasteiger partial charge is 0.507 e. The van der Waals surface area contributed by atoms with E-state index in [9.17, 15) is 19.5 Å². The minimum absolute atomic E-state index is 0.0509. The molecular formula is C16H16N2O6. The number of aryl methyl sites for hydroxylation is 1. The summed E-state index contributed by atoms with van der Waals surface area (Å²) < 4.78 is 9.78. The van der Waals surface area contributed by atoms with Crippen molar-refractivity contribution in [1.29, 1.82) is 0 Å². The molecule has 0 saturated heterocycles. The molecule has 1 aromatic carbocycles. The Balaban J connectivity index is 1.77. The lowest BCUT2D eigenvalue weighted by Crippen LogP contribution is -2.41. The normalized spacial score (nSPS) is 10.0. The molecular weight excluding hydrogens is 316 g/mol. The van der Waals surface area contributed by atoms with Crippen molar-refractivity contribution in [3.63, 3.8) is 0 Å². The number of ether oxygens (including phenoxy) is 1. The van der Waals surface area contributed by atoms with E-state index < -0.39 is 24.5 Å². The summed E-state index contributed by atoms with van der Waals surface area (Å²) in [6.07, 6.45) is 1.46. The third-order valence-corrected chi connectivity index (χ3v) is 2.96. The molecule has 24 heavy (non-hydrogen) atoms. The number of rotatable bonds is 5. The molecule has 0 saturated carbocycles. The van der Waals surface area contributed by atoms with E-state index in [2.05, 4.69) is 5.32 Å². The Hall–Kier alpha value is -3.29. The summed E-state index contributed by atoms with van der Waals surface area (Å²) in [5, 5.41) is 14.0. The number of furan rings is 1. The molecule has 1 heterocycles. The van der Waals surface area contributed by atoms with Crippen molar-refractivity contribution in [2.45, 2.75) is 13.5 Å². The molecule has 3 N–H and O–H groups in total. The number of nitrogens with one attached hydrogen (secondary N) is 2. The summed E-state index contributed by atoms with van der Waals surface area (Å²) in [4.78, 5) is 34.9. The average Bonchev–Trinajstić information content (AvgIpc) is 3.06. The van der Waals surface area contributed by atoms with Gasteiger partial charge in [-0.05, 0) is 31.2 Å². The van der Waals surface area contributed by atoms with E-state index in [1.165, 1.54) is 18.4 Å². The number of hydrogen-bond acceptors (Lipinski definition) is 6. The van der Waals surface area contributed by atoms with Gasteiger partial charge in [0, 0.05) is 0 Å². The third kappa shape index (κ3) is 4.87. The van der Waals surface area contributed by atoms with Crippen molar-refractivity contribution in [3.8, 4) is 5.75 Å². The van der Waals surface area contributed by atoms with Gasteiger partial charge in [-0.25, -0.2) is 9.59 Å². The molecule has 0 aliphatic carbocycles. The van der Waals surface area contributed by atoms with Gasteiger partial charge in [0.05, 0.1) is 12.8 Å². The van der Waals surface area contributed by atoms with Crippen LogP contribution < -0.4 is 10.6 Å². The highest BCUT2D eigenvalue weighted by atomic mass is 16.5. The predicted molar refractivity (Wildman–Crippen MR) is 82.2 cm³/mol. The first kappa shape index (κ1) is 17.1. The molecule has 1 aromatic heterocycles. The number of carbonyl (C=O) groups excluding carboxylic acids is 3. The van der Waals surface area contributed by atoms with Crippen LogP contribution in [0.1, 0.15) is 21.7 Å². The number of carbonyl (C=O) groups is 3. The zero-order chi connectivity index (χ0) is 17.5. The van der Waals surface area contributed by atoms with Crippen molar-refractivity contribution in [1.82, 2.24) is 10.6 Å². The zero-order valence-electron chi connectivity index (χ0n) is 12.9. The Labute approximate surface area is 137 Å². The summed E-state index contributed by atoms with van der Waals surface area (Å²) >= 11 is 0. The molecule has 0 bridgehead atoms. The van der Waals surface area contributed by atoms with Gasteiger partial charge in [0.1, 0.15) is 17.1 Å². The van der Waals surface area contributed by atoms with Crippen LogP contribution in [-0.2, 0) is 16.1 Å². The van der Waals surface area contributed by atoms with E-state index in [0.29, 0.717) is 5.76 Å². The number of phenolic OH excluding ortho intramolecular Hbond substituents is 1. The van der Waals surface area contributed by atoms with Crippen molar-refractivity contribution >= 4 is 17.9 Å². The lowest BCUT2D eigenvalue weighted by molar-refractivity contribution is -0.123. The molecule has 0 radical (unpaired) electrons. The maximum Gasteiger partial charge on any atom is 0.342 e. The first-order valence-corrected chi connectivity index (χ1v) is 7.02. The fraction of sp³-hybridized carbons (Fsp3) is 0.188. The van der Waals surface area contributed by atoms with Gasteiger partial charge in [0.2, 0.25) is 0 Å². The van der Waals surface area contributed by atoms with Crippen molar-refractivity contribution in [3.05, 3.63) is 53.5 Å². The van der Waals surface area contributed by atoms with E-state index in [0.717, 1.165) is 5.56 Å². The standard InChI is InChI=1S/C16H16N2O6/c1-10-4-5-13(19)12(7-10)15(21)24-9-14(20)18-16(22)17-8-11-3-2-6-23-11/h2-7,19H,8-9H2,1H3,(H2,17,18,20,22). The fourth-order valence-corrected chi connectivity index (χ4v) is 1.81. The van der Waals surface area contributed by atoms with E-state index >= 15 is 0 Å². The van der Waals surface area contributed by atoms with Gasteiger partial charge in [0.25, 0.3) is 5.91 Å². The highest BCUT2D eigenvalue weighted by molar-refractivity contribution is 5.97. The van der Waals surface area contributed by atoms with E-state index in [4.69, 9.17) is 9.15 Å². The molecule has 0 fully saturated rings. The van der Waals surface area contributed by atoms with Crippen LogP contribution in [0.3, 0.4) is 0 Å². The smallest absolute Gasteiger partial charge is 0.342 e. The van der Waals surface area contributed by atoms with Gasteiger partial charge in [-0.3, -0.25) is 10.1 Å². The minimum Gasteiger partial charge on any atom is -0.507 e. The van der Waals surface area contributed by atoms with Crippen LogP contribution in [0, 0.1) is 6.92 Å². The van der Waals surface area contributed by atoms with Crippen molar-refractivity contribution < 1.29 is 28.6 Å². The number of esters is 1. The Morgan fingerprint density at radius 2 is 2.04 bits per heavy atom. The zero-order valence-corrected chi connectivity index (χ0v) is 12.9. The van der Waals surface area contributed by atoms with Crippen molar-refractivity contribution in [2.75, 3.05) is 6.61 Å². The predicted octanol–water partition coefficient (Wildman–Crippen LogP) is 1.48. The number of benzene rings is 1. The quantitative estimate of drug-likeness (QED) is 0.714. The molecule has 0 aliphatic rings. The molecule has 8 heteroatoms. The molecule has 0 aliphatic heterocycles. The second kappa shape index (κ2) is 7.82. The van der Waals surface area contributed by atoms with Gasteiger partial charge in [-0.1, -0.05) is 11.6 Å². The highest BCUT2D eigenvalue weighted by Crippen LogP contribution is 2.18. The van der Waals surface area contributed by atoms with Crippen LogP contribution in [0.4, 0.5) is 4.79 Å². The molecule has 0 spiro atoms. The van der Waals surface area contributed by atoms with Gasteiger partial charge < -0.3 is 19.6 Å². The number of hydrogen-bond donors (Lipinski definition) is 3. The number of phenols is 1. The summed E-state index contributed by atoms with van der Waals surface area (Å²) in [5.74, 6) is -1.38. The first-order chi connectivity index (χ1) is 11.5. The average molecular weight is 332 g/mol. The summed E-state index contributed by atoms with van der Waals surface area (Å²) in [7, 11) is 0. The summed E-state index contributed by atoms with van der Waals surface area (Å²) in [6, 6.07) is 7.01. The molecule has 8 nitrogen and oxygen atoms in total. The summed E-state index contributed by atoms with van der Waals surface area (Å²) in [5.41, 5.74) is 0.701. The first-order valence-electron chi connectivity index (χ1n) is 7.02. The van der Waals surface area contributed by atoms with Crippen LogP contribution in [0.15, 0.2) is 41.0 Å². The lowest BCUT2D eigenvalue weighted by atomic mass is 10.1. The molecule has 126 valence electrons. The van der Waals surface area contributed by atoms with Crippen LogP contribution in [0.5, 0.6) is 5.75 Å². The molecule has 0 atom stereocenters. The Bertz CT molecular complexity index is 739. The highest BCUT2D eigenvalue weighted by Gasteiger charge is 2.15. The second-order valence-electron chi connectivity index (χ2n) is 4.91. The number of imide groups is 1. The van der Waals surface area contributed by atoms with Gasteiger partial charge in [0.15, 0.2) is 6.61 Å². The van der Waals surface area contributed by atoms with Crippen LogP contribution in [0.25, 0.3) is 0 Å². The second-order valence-corrected chi connectivity index (χ2v) is 4.91. The van der Waals surface area contributed by atoms with Crippen molar-refractivity contribution in [2.24, 2.45) is 0 Å². The number of urea groups is 1. The van der Waals surface area contributed by atoms with E-state index in [1.807, 2.05) is 5.32 Å². The molecule has 3 amide bonds. The molecule has 2 aromatic rings. The monoisotopic (exact) mass is 332 g/mol. The van der Waals surface area contributed by atoms with E-state index in [-0.39, 0.29) is 17.9 Å². The van der Waals surface area contributed by atoms with Gasteiger partial charge in [-0.2, -0.15) is 0 Å². The van der Waals surface area contributed by atoms with Crippen LogP contribution in [0.2, 0.25) is 0 Å². The van der Waals surface area contributed by atoms with Gasteiger partial charge >= 0.3 is 12.0 Å². The number of amides is 3. The fourth-order valence-electron chi connectivity index (χ4n) is 1.81. The van der Waals surface area contributed by atoms with Crippen LogP contribution in [-0.4, -0.2) is 29.6 Å². The van der Waals surface area contributed by atoms with Crippen LogP contribution >= 0.6 is 0 Å². The van der Waals surface area contributed by atoms with Gasteiger partial charge in [-0.15, -0.1) is 0 Å². The number of aromatic hydroxyl groups is 1. The molecule has 0 unspecified atom stereocenters. The minimum atomic E-state index is -0.859. The summed E-state index contributed by atoms with van der Waals surface area (Å²) in [6.45, 7) is 1.20.